The van der Waals surface area contributed by atoms with Gasteiger partial charge in [-0.1, -0.05) is 11.6 Å². The molecule has 0 radical (unpaired) electrons. The van der Waals surface area contributed by atoms with Crippen LogP contribution in [0.25, 0.3) is 0 Å². The lowest BCUT2D eigenvalue weighted by Crippen LogP contribution is -2.52. The van der Waals surface area contributed by atoms with E-state index in [9.17, 15) is 8.42 Å². The number of piperidine rings is 1. The minimum Gasteiger partial charge on any atom is -0.497 e. The molecule has 3 N–H and O–H groups in total. The lowest BCUT2D eigenvalue weighted by atomic mass is 10.0. The summed E-state index contributed by atoms with van der Waals surface area (Å²) in [7, 11) is 1.83. The lowest BCUT2D eigenvalue weighted by molar-refractivity contribution is 0.0982. The number of nitrogens with one attached hydrogen (secondary N) is 3. The van der Waals surface area contributed by atoms with Crippen LogP contribution in [0.4, 0.5) is 34.5 Å². The first-order chi connectivity index (χ1) is 20.6. The van der Waals surface area contributed by atoms with Crippen molar-refractivity contribution in [3.63, 3.8) is 0 Å². The molecule has 2 aliphatic rings. The number of ether oxygens (including phenoxy) is 2. The fourth-order valence-corrected chi connectivity index (χ4v) is 6.18. The number of methoxy groups -OCH3 is 2. The van der Waals surface area contributed by atoms with Gasteiger partial charge in [0.1, 0.15) is 16.5 Å². The highest BCUT2D eigenvalue weighted by atomic mass is 35.5. The third kappa shape index (κ3) is 7.91. The van der Waals surface area contributed by atoms with E-state index in [4.69, 9.17) is 21.1 Å². The first-order valence-corrected chi connectivity index (χ1v) is 16.5. The molecule has 0 saturated carbocycles. The topological polar surface area (TPSA) is 124 Å². The van der Waals surface area contributed by atoms with E-state index in [-0.39, 0.29) is 16.8 Å². The van der Waals surface area contributed by atoms with Gasteiger partial charge < -0.3 is 29.9 Å². The Balaban J connectivity index is 1.29. The van der Waals surface area contributed by atoms with Gasteiger partial charge in [-0.25, -0.2) is 13.4 Å². The second kappa shape index (κ2) is 13.4. The van der Waals surface area contributed by atoms with Crippen molar-refractivity contribution in [3.05, 3.63) is 47.6 Å². The summed E-state index contributed by atoms with van der Waals surface area (Å²) < 4.78 is 37.4. The van der Waals surface area contributed by atoms with Gasteiger partial charge in [0.25, 0.3) is 0 Å². The molecule has 0 spiro atoms. The summed E-state index contributed by atoms with van der Waals surface area (Å²) in [6.45, 7) is 6.59. The number of piperazine rings is 1. The molecular weight excluding hydrogens is 592 g/mol. The van der Waals surface area contributed by atoms with Crippen molar-refractivity contribution in [1.82, 2.24) is 19.8 Å². The molecule has 1 aromatic heterocycles. The third-order valence-electron chi connectivity index (χ3n) is 7.83. The van der Waals surface area contributed by atoms with E-state index in [1.165, 1.54) is 13.3 Å². The van der Waals surface area contributed by atoms with Crippen molar-refractivity contribution in [3.8, 4) is 11.5 Å². The SMILES string of the molecule is COc1ccc(NS(C)(=O)=O)c(Nc2nc(Nc3ccc(N4CCC(N5CCN(C)CC5)CC4)cc3OC)ncc2Cl)c1. The molecule has 0 amide bonds. The van der Waals surface area contributed by atoms with Crippen molar-refractivity contribution in [2.45, 2.75) is 18.9 Å². The van der Waals surface area contributed by atoms with E-state index < -0.39 is 10.0 Å². The van der Waals surface area contributed by atoms with Crippen LogP contribution in [-0.4, -0.2) is 101 Å². The smallest absolute Gasteiger partial charge is 0.229 e. The Labute approximate surface area is 258 Å². The monoisotopic (exact) mass is 630 g/mol. The normalized spacial score (nSPS) is 17.0. The summed E-state index contributed by atoms with van der Waals surface area (Å²) >= 11 is 6.42. The molecule has 2 saturated heterocycles. The van der Waals surface area contributed by atoms with E-state index in [2.05, 4.69) is 53.1 Å². The molecule has 43 heavy (non-hydrogen) atoms. The fraction of sp³-hybridized carbons (Fsp3) is 0.448. The van der Waals surface area contributed by atoms with Crippen LogP contribution >= 0.6 is 11.6 Å². The molecule has 12 nitrogen and oxygen atoms in total. The first kappa shape index (κ1) is 30.9. The zero-order chi connectivity index (χ0) is 30.6. The molecule has 0 bridgehead atoms. The van der Waals surface area contributed by atoms with Gasteiger partial charge in [0, 0.05) is 63.1 Å². The molecule has 2 aliphatic heterocycles. The number of rotatable bonds is 10. The minimum absolute atomic E-state index is 0.251. The first-order valence-electron chi connectivity index (χ1n) is 14.2. The van der Waals surface area contributed by atoms with Crippen molar-refractivity contribution in [2.75, 3.05) is 87.0 Å². The van der Waals surface area contributed by atoms with Gasteiger partial charge in [-0.05, 0) is 44.2 Å². The van der Waals surface area contributed by atoms with Crippen LogP contribution < -0.4 is 29.7 Å². The van der Waals surface area contributed by atoms with Crippen LogP contribution in [0.3, 0.4) is 0 Å². The Morgan fingerprint density at radius 1 is 0.907 bits per heavy atom. The molecule has 14 heteroatoms. The van der Waals surface area contributed by atoms with E-state index in [0.29, 0.717) is 34.6 Å². The van der Waals surface area contributed by atoms with Gasteiger partial charge >= 0.3 is 0 Å². The summed E-state index contributed by atoms with van der Waals surface area (Å²) in [5.41, 5.74) is 2.54. The highest BCUT2D eigenvalue weighted by Crippen LogP contribution is 2.35. The van der Waals surface area contributed by atoms with Gasteiger partial charge in [-0.3, -0.25) is 9.62 Å². The fourth-order valence-electron chi connectivity index (χ4n) is 5.46. The number of benzene rings is 2. The molecule has 0 atom stereocenters. The maximum atomic E-state index is 11.9. The molecule has 5 rings (SSSR count). The highest BCUT2D eigenvalue weighted by Gasteiger charge is 2.27. The Morgan fingerprint density at radius 2 is 1.63 bits per heavy atom. The van der Waals surface area contributed by atoms with Crippen LogP contribution in [0.2, 0.25) is 5.02 Å². The maximum absolute atomic E-state index is 11.9. The van der Waals surface area contributed by atoms with Crippen LogP contribution in [0.15, 0.2) is 42.6 Å². The zero-order valence-electron chi connectivity index (χ0n) is 24.9. The number of likely N-dealkylation sites (N-methyl/N-ethyl adjacent to an activating group) is 1. The molecule has 0 unspecified atom stereocenters. The van der Waals surface area contributed by atoms with Crippen molar-refractivity contribution >= 4 is 56.1 Å². The molecule has 0 aliphatic carbocycles. The van der Waals surface area contributed by atoms with Gasteiger partial charge in [-0.2, -0.15) is 4.98 Å². The highest BCUT2D eigenvalue weighted by molar-refractivity contribution is 7.92. The van der Waals surface area contributed by atoms with Crippen LogP contribution in [0.5, 0.6) is 11.5 Å². The molecule has 3 heterocycles. The quantitative estimate of drug-likeness (QED) is 0.298. The Bertz CT molecular complexity index is 1530. The van der Waals surface area contributed by atoms with Crippen molar-refractivity contribution in [1.29, 1.82) is 0 Å². The summed E-state index contributed by atoms with van der Waals surface area (Å²) in [5.74, 6) is 1.76. The summed E-state index contributed by atoms with van der Waals surface area (Å²) in [6.07, 6.45) is 4.84. The third-order valence-corrected chi connectivity index (χ3v) is 8.70. The van der Waals surface area contributed by atoms with Gasteiger partial charge in [0.15, 0.2) is 5.82 Å². The number of hydrogen-bond acceptors (Lipinski definition) is 11. The number of anilines is 6. The maximum Gasteiger partial charge on any atom is 0.229 e. The van der Waals surface area contributed by atoms with Crippen molar-refractivity contribution in [2.24, 2.45) is 0 Å². The predicted octanol–water partition coefficient (Wildman–Crippen LogP) is 4.22. The lowest BCUT2D eigenvalue weighted by Gasteiger charge is -2.42. The van der Waals surface area contributed by atoms with Crippen LogP contribution in [-0.2, 0) is 10.0 Å². The number of nitrogens with zero attached hydrogens (tertiary/aromatic N) is 5. The van der Waals surface area contributed by atoms with Gasteiger partial charge in [-0.15, -0.1) is 0 Å². The van der Waals surface area contributed by atoms with E-state index in [0.717, 1.165) is 64.1 Å². The molecule has 2 fully saturated rings. The zero-order valence-corrected chi connectivity index (χ0v) is 26.5. The van der Waals surface area contributed by atoms with E-state index in [1.54, 1.807) is 25.3 Å². The molecule has 2 aromatic carbocycles. The average Bonchev–Trinajstić information content (AvgIpc) is 2.99. The summed E-state index contributed by atoms with van der Waals surface area (Å²) in [6, 6.07) is 11.6. The Kier molecular flexibility index (Phi) is 9.65. The molecule has 3 aromatic rings. The standard InChI is InChI=1S/C29H39ClN8O4S/c1-36-13-15-38(16-14-36)20-9-11-37(12-10-20)21-5-7-25(27(17-21)42-3)33-29-31-19-23(30)28(34-29)32-26-18-22(41-2)6-8-24(26)35-43(4,39)40/h5-8,17-20,35H,9-16H2,1-4H3,(H2,31,32,33,34). The second-order valence-corrected chi connectivity index (χ2v) is 13.0. The van der Waals surface area contributed by atoms with Gasteiger partial charge in [0.2, 0.25) is 16.0 Å². The summed E-state index contributed by atoms with van der Waals surface area (Å²) in [5, 5.41) is 6.58. The largest absolute Gasteiger partial charge is 0.497 e. The number of aromatic nitrogens is 2. The van der Waals surface area contributed by atoms with Crippen molar-refractivity contribution < 1.29 is 17.9 Å². The number of hydrogen-bond donors (Lipinski definition) is 3. The Hall–Kier alpha value is -3.52. The number of sulfonamides is 1. The van der Waals surface area contributed by atoms with Crippen LogP contribution in [0, 0.1) is 0 Å². The average molecular weight is 631 g/mol. The van der Waals surface area contributed by atoms with E-state index >= 15 is 0 Å². The molecule has 232 valence electrons. The van der Waals surface area contributed by atoms with Gasteiger partial charge in [0.05, 0.1) is 43.7 Å². The van der Waals surface area contributed by atoms with E-state index in [1.807, 2.05) is 12.1 Å². The second-order valence-electron chi connectivity index (χ2n) is 10.9. The molecular formula is C29H39ClN8O4S. The summed E-state index contributed by atoms with van der Waals surface area (Å²) in [4.78, 5) is 16.3. The van der Waals surface area contributed by atoms with Crippen LogP contribution in [0.1, 0.15) is 12.8 Å². The predicted molar refractivity (Wildman–Crippen MR) is 172 cm³/mol. The minimum atomic E-state index is -3.53. The number of halogens is 1. The Morgan fingerprint density at radius 3 is 2.30 bits per heavy atom.